The van der Waals surface area contributed by atoms with Crippen molar-refractivity contribution in [1.29, 1.82) is 0 Å². The average molecular weight is 344 g/mol. The summed E-state index contributed by atoms with van der Waals surface area (Å²) in [6.07, 6.45) is 3.62. The molecule has 8 heteroatoms. The van der Waals surface area contributed by atoms with E-state index in [9.17, 15) is 4.79 Å². The molecule has 0 fully saturated rings. The van der Waals surface area contributed by atoms with E-state index in [-0.39, 0.29) is 6.03 Å². The summed E-state index contributed by atoms with van der Waals surface area (Å²) in [5.41, 5.74) is 4.04. The Labute approximate surface area is 142 Å². The summed E-state index contributed by atoms with van der Waals surface area (Å²) in [4.78, 5) is 18.4. The van der Waals surface area contributed by atoms with E-state index in [1.54, 1.807) is 35.4 Å². The summed E-state index contributed by atoms with van der Waals surface area (Å²) in [6.45, 7) is 1.07. The number of H-pyrrole nitrogens is 1. The van der Waals surface area contributed by atoms with Crippen molar-refractivity contribution in [3.63, 3.8) is 0 Å². The number of nitrogens with zero attached hydrogens (tertiary/aromatic N) is 3. The number of hydrogen-bond donors (Lipinski definition) is 2. The molecule has 1 aromatic carbocycles. The van der Waals surface area contributed by atoms with E-state index in [2.05, 4.69) is 20.5 Å². The molecule has 3 heterocycles. The molecule has 0 unspecified atom stereocenters. The van der Waals surface area contributed by atoms with Gasteiger partial charge < -0.3 is 14.6 Å². The molecule has 7 nitrogen and oxygen atoms in total. The number of nitrogens with one attached hydrogen (secondary N) is 2. The molecule has 0 aliphatic carbocycles. The van der Waals surface area contributed by atoms with Gasteiger partial charge in [-0.15, -0.1) is 0 Å². The van der Waals surface area contributed by atoms with Crippen molar-refractivity contribution < 1.29 is 9.21 Å². The highest BCUT2D eigenvalue weighted by Gasteiger charge is 2.26. The van der Waals surface area contributed by atoms with E-state index >= 15 is 0 Å². The maximum Gasteiger partial charge on any atom is 0.322 e. The fraction of sp³-hybridized carbons (Fsp3) is 0.188. The topological polar surface area (TPSA) is 87.0 Å². The summed E-state index contributed by atoms with van der Waals surface area (Å²) in [5, 5.41) is 10.8. The van der Waals surface area contributed by atoms with Gasteiger partial charge >= 0.3 is 6.03 Å². The molecule has 1 aliphatic rings. The highest BCUT2D eigenvalue weighted by atomic mass is 35.5. The lowest BCUT2D eigenvalue weighted by molar-refractivity contribution is 0.206. The molecule has 0 saturated carbocycles. The van der Waals surface area contributed by atoms with Gasteiger partial charge in [0, 0.05) is 34.9 Å². The number of anilines is 1. The van der Waals surface area contributed by atoms with Gasteiger partial charge in [-0.3, -0.25) is 5.10 Å². The van der Waals surface area contributed by atoms with Gasteiger partial charge in [-0.1, -0.05) is 17.7 Å². The van der Waals surface area contributed by atoms with Crippen molar-refractivity contribution in [2.75, 3.05) is 11.9 Å². The highest BCUT2D eigenvalue weighted by Crippen LogP contribution is 2.27. The normalized spacial score (nSPS) is 13.6. The van der Waals surface area contributed by atoms with Crippen molar-refractivity contribution in [2.24, 2.45) is 0 Å². The molecule has 3 aromatic rings. The molecule has 122 valence electrons. The predicted octanol–water partition coefficient (Wildman–Crippen LogP) is 3.31. The van der Waals surface area contributed by atoms with E-state index in [4.69, 9.17) is 16.0 Å². The van der Waals surface area contributed by atoms with E-state index in [1.807, 2.05) is 0 Å². The number of benzene rings is 1. The molecule has 0 spiro atoms. The minimum absolute atomic E-state index is 0.171. The third-order valence-corrected chi connectivity index (χ3v) is 4.21. The van der Waals surface area contributed by atoms with E-state index in [0.717, 1.165) is 17.0 Å². The minimum atomic E-state index is -0.171. The molecule has 0 saturated heterocycles. The first-order chi connectivity index (χ1) is 11.7. The fourth-order valence-electron chi connectivity index (χ4n) is 2.78. The molecule has 1 aliphatic heterocycles. The maximum absolute atomic E-state index is 12.5. The summed E-state index contributed by atoms with van der Waals surface area (Å²) >= 11 is 5.95. The van der Waals surface area contributed by atoms with E-state index in [1.165, 1.54) is 6.39 Å². The largest absolute Gasteiger partial charge is 0.451 e. The SMILES string of the molecule is O=C(Nc1cccc(Cl)c1)N1CCc2[nH]nc(-c3cocn3)c2C1. The van der Waals surface area contributed by atoms with Crippen molar-refractivity contribution in [1.82, 2.24) is 20.1 Å². The van der Waals surface area contributed by atoms with Crippen LogP contribution in [0.2, 0.25) is 5.02 Å². The van der Waals surface area contributed by atoms with Gasteiger partial charge in [0.15, 0.2) is 6.39 Å². The van der Waals surface area contributed by atoms with Gasteiger partial charge in [0.2, 0.25) is 0 Å². The van der Waals surface area contributed by atoms with Crippen LogP contribution >= 0.6 is 11.6 Å². The molecule has 4 rings (SSSR count). The van der Waals surface area contributed by atoms with E-state index in [0.29, 0.717) is 35.9 Å². The summed E-state index contributed by atoms with van der Waals surface area (Å²) in [7, 11) is 0. The summed E-state index contributed by atoms with van der Waals surface area (Å²) in [6, 6.07) is 6.91. The van der Waals surface area contributed by atoms with Crippen molar-refractivity contribution in [2.45, 2.75) is 13.0 Å². The predicted molar refractivity (Wildman–Crippen MR) is 88.7 cm³/mol. The maximum atomic E-state index is 12.5. The number of aromatic amines is 1. The van der Waals surface area contributed by atoms with Crippen LogP contribution in [0.25, 0.3) is 11.4 Å². The third-order valence-electron chi connectivity index (χ3n) is 3.97. The lowest BCUT2D eigenvalue weighted by atomic mass is 10.0. The molecule has 2 N–H and O–H groups in total. The second-order valence-electron chi connectivity index (χ2n) is 5.52. The van der Waals surface area contributed by atoms with Crippen molar-refractivity contribution >= 4 is 23.3 Å². The smallest absolute Gasteiger partial charge is 0.322 e. The Bertz CT molecular complexity index is 874. The van der Waals surface area contributed by atoms with Crippen LogP contribution in [0.1, 0.15) is 11.3 Å². The second-order valence-corrected chi connectivity index (χ2v) is 5.95. The molecule has 2 aromatic heterocycles. The lowest BCUT2D eigenvalue weighted by Crippen LogP contribution is -2.38. The fourth-order valence-corrected chi connectivity index (χ4v) is 2.97. The monoisotopic (exact) mass is 343 g/mol. The first-order valence-electron chi connectivity index (χ1n) is 7.47. The number of hydrogen-bond acceptors (Lipinski definition) is 4. The zero-order valence-electron chi connectivity index (χ0n) is 12.6. The number of carbonyl (C=O) groups excluding carboxylic acids is 1. The summed E-state index contributed by atoms with van der Waals surface area (Å²) < 4.78 is 5.02. The van der Waals surface area contributed by atoms with Crippen LogP contribution in [-0.4, -0.2) is 32.7 Å². The molecule has 24 heavy (non-hydrogen) atoms. The van der Waals surface area contributed by atoms with Crippen molar-refractivity contribution in [3.8, 4) is 11.4 Å². The molecular weight excluding hydrogens is 330 g/mol. The number of carbonyl (C=O) groups is 1. The van der Waals surface area contributed by atoms with Gasteiger partial charge in [-0.2, -0.15) is 5.10 Å². The van der Waals surface area contributed by atoms with Gasteiger partial charge in [0.1, 0.15) is 17.7 Å². The van der Waals surface area contributed by atoms with Crippen LogP contribution in [0.5, 0.6) is 0 Å². The standard InChI is InChI=1S/C16H14ClN5O2/c17-10-2-1-3-11(6-10)19-16(23)22-5-4-13-12(7-22)15(21-20-13)14-8-24-9-18-14/h1-3,6,8-9H,4-5,7H2,(H,19,23)(H,20,21). The quantitative estimate of drug-likeness (QED) is 0.747. The second kappa shape index (κ2) is 6.01. The van der Waals surface area contributed by atoms with Crippen LogP contribution in [0.4, 0.5) is 10.5 Å². The number of halogens is 1. The average Bonchev–Trinajstić information content (AvgIpc) is 3.23. The third kappa shape index (κ3) is 2.74. The van der Waals surface area contributed by atoms with Crippen LogP contribution < -0.4 is 5.32 Å². The Kier molecular flexibility index (Phi) is 3.70. The minimum Gasteiger partial charge on any atom is -0.451 e. The summed E-state index contributed by atoms with van der Waals surface area (Å²) in [5.74, 6) is 0. The first-order valence-corrected chi connectivity index (χ1v) is 7.84. The Morgan fingerprint density at radius 3 is 3.12 bits per heavy atom. The zero-order valence-corrected chi connectivity index (χ0v) is 13.4. The number of urea groups is 1. The molecule has 0 bridgehead atoms. The Morgan fingerprint density at radius 2 is 2.33 bits per heavy atom. The molecule has 0 atom stereocenters. The van der Waals surface area contributed by atoms with Crippen LogP contribution in [0, 0.1) is 0 Å². The number of amides is 2. The Hall–Kier alpha value is -2.80. The van der Waals surface area contributed by atoms with E-state index < -0.39 is 0 Å². The zero-order chi connectivity index (χ0) is 16.5. The van der Waals surface area contributed by atoms with Gasteiger partial charge in [-0.25, -0.2) is 9.78 Å². The first kappa shape index (κ1) is 14.8. The molecular formula is C16H14ClN5O2. The Morgan fingerprint density at radius 1 is 1.42 bits per heavy atom. The van der Waals surface area contributed by atoms with Crippen LogP contribution in [0.3, 0.4) is 0 Å². The molecule has 2 amide bonds. The molecule has 0 radical (unpaired) electrons. The number of aromatic nitrogens is 3. The number of oxazole rings is 1. The van der Waals surface area contributed by atoms with Crippen molar-refractivity contribution in [3.05, 3.63) is 53.2 Å². The number of fused-ring (bicyclic) bond motifs is 1. The van der Waals surface area contributed by atoms with Crippen LogP contribution in [0.15, 0.2) is 41.3 Å². The Balaban J connectivity index is 1.53. The van der Waals surface area contributed by atoms with Crippen LogP contribution in [-0.2, 0) is 13.0 Å². The van der Waals surface area contributed by atoms with Gasteiger partial charge in [0.05, 0.1) is 6.54 Å². The van der Waals surface area contributed by atoms with Gasteiger partial charge in [-0.05, 0) is 18.2 Å². The lowest BCUT2D eigenvalue weighted by Gasteiger charge is -2.27. The number of rotatable bonds is 2. The van der Waals surface area contributed by atoms with Gasteiger partial charge in [0.25, 0.3) is 0 Å². The highest BCUT2D eigenvalue weighted by molar-refractivity contribution is 6.30.